The highest BCUT2D eigenvalue weighted by Gasteiger charge is 2.39. The summed E-state index contributed by atoms with van der Waals surface area (Å²) in [5, 5.41) is 12.3. The largest absolute Gasteiger partial charge is 0.378 e. The summed E-state index contributed by atoms with van der Waals surface area (Å²) in [6.07, 6.45) is 5.71. The molecule has 3 unspecified atom stereocenters. The summed E-state index contributed by atoms with van der Waals surface area (Å²) in [5.74, 6) is 0.613. The Balaban J connectivity index is 1.23. The summed E-state index contributed by atoms with van der Waals surface area (Å²) >= 11 is 0. The number of carbonyl (C=O) groups is 1. The summed E-state index contributed by atoms with van der Waals surface area (Å²) in [6, 6.07) is 34.3. The molecule has 1 aliphatic heterocycles. The molecule has 0 aromatic heterocycles. The van der Waals surface area contributed by atoms with Crippen LogP contribution in [0.1, 0.15) is 66.2 Å². The van der Waals surface area contributed by atoms with E-state index in [-0.39, 0.29) is 17.4 Å². The van der Waals surface area contributed by atoms with Gasteiger partial charge in [0.05, 0.1) is 6.04 Å². The lowest BCUT2D eigenvalue weighted by Crippen LogP contribution is -2.29. The molecule has 5 aromatic rings. The van der Waals surface area contributed by atoms with Crippen molar-refractivity contribution in [2.75, 3.05) is 10.6 Å². The Bertz CT molecular complexity index is 1740. The van der Waals surface area contributed by atoms with Crippen molar-refractivity contribution >= 4 is 38.8 Å². The molecule has 3 nitrogen and oxygen atoms in total. The van der Waals surface area contributed by atoms with Crippen LogP contribution < -0.4 is 10.6 Å². The molecule has 0 saturated heterocycles. The fraction of sp³-hybridized carbons (Fsp3) is 0.216. The van der Waals surface area contributed by atoms with Gasteiger partial charge in [0.1, 0.15) is 0 Å². The molecule has 3 atom stereocenters. The van der Waals surface area contributed by atoms with Gasteiger partial charge in [0.15, 0.2) is 0 Å². The van der Waals surface area contributed by atoms with Crippen LogP contribution in [0.2, 0.25) is 0 Å². The quantitative estimate of drug-likeness (QED) is 0.183. The molecule has 1 amide bonds. The standard InChI is InChI=1S/C37H34N2O/c1-37(2,3)26-17-15-23(16-18-26)36(40)38-27-19-20-33-32(22-27)30-13-8-14-31(30)35(39-33)34-28-11-6-4-9-24(28)21-25-10-5-7-12-29(25)34/h4-13,15-22,30-31,35,39H,14H2,1-3H3,(H,38,40). The number of rotatable bonds is 3. The predicted octanol–water partition coefficient (Wildman–Crippen LogP) is 9.37. The molecule has 7 rings (SSSR count). The van der Waals surface area contributed by atoms with Crippen LogP contribution in [0.5, 0.6) is 0 Å². The van der Waals surface area contributed by atoms with E-state index in [1.54, 1.807) is 0 Å². The van der Waals surface area contributed by atoms with E-state index in [2.05, 4.69) is 122 Å². The third-order valence-electron chi connectivity index (χ3n) is 8.76. The van der Waals surface area contributed by atoms with Gasteiger partial charge in [-0.15, -0.1) is 0 Å². The summed E-state index contributed by atoms with van der Waals surface area (Å²) in [7, 11) is 0. The van der Waals surface area contributed by atoms with Crippen molar-refractivity contribution in [1.29, 1.82) is 0 Å². The normalized spacial score (nSPS) is 19.7. The Kier molecular flexibility index (Phi) is 5.78. The maximum absolute atomic E-state index is 13.1. The zero-order valence-corrected chi connectivity index (χ0v) is 23.2. The first-order valence-corrected chi connectivity index (χ1v) is 14.3. The van der Waals surface area contributed by atoms with Gasteiger partial charge in [0.25, 0.3) is 5.91 Å². The van der Waals surface area contributed by atoms with E-state index >= 15 is 0 Å². The monoisotopic (exact) mass is 522 g/mol. The average Bonchev–Trinajstić information content (AvgIpc) is 3.46. The fourth-order valence-corrected chi connectivity index (χ4v) is 6.67. The molecule has 0 bridgehead atoms. The van der Waals surface area contributed by atoms with Crippen LogP contribution in [-0.4, -0.2) is 5.91 Å². The number of hydrogen-bond acceptors (Lipinski definition) is 2. The SMILES string of the molecule is CC(C)(C)c1ccc(C(=O)Nc2ccc3c(c2)C2C=CCC2C(c2c4ccccc4cc4ccccc24)N3)cc1. The highest BCUT2D eigenvalue weighted by atomic mass is 16.1. The minimum atomic E-state index is -0.0807. The number of allylic oxidation sites excluding steroid dienone is 2. The number of anilines is 2. The maximum Gasteiger partial charge on any atom is 0.255 e. The van der Waals surface area contributed by atoms with E-state index in [0.717, 1.165) is 17.8 Å². The van der Waals surface area contributed by atoms with Gasteiger partial charge in [0, 0.05) is 22.9 Å². The molecule has 2 N–H and O–H groups in total. The van der Waals surface area contributed by atoms with Crippen LogP contribution in [-0.2, 0) is 5.41 Å². The van der Waals surface area contributed by atoms with Crippen molar-refractivity contribution in [2.24, 2.45) is 5.92 Å². The Morgan fingerprint density at radius 1 is 0.825 bits per heavy atom. The number of benzene rings is 5. The highest BCUT2D eigenvalue weighted by molar-refractivity contribution is 6.05. The van der Waals surface area contributed by atoms with Crippen LogP contribution in [0.3, 0.4) is 0 Å². The van der Waals surface area contributed by atoms with Gasteiger partial charge in [-0.3, -0.25) is 4.79 Å². The third-order valence-corrected chi connectivity index (χ3v) is 8.76. The number of fused-ring (bicyclic) bond motifs is 5. The van der Waals surface area contributed by atoms with Gasteiger partial charge >= 0.3 is 0 Å². The molecule has 0 fully saturated rings. The van der Waals surface area contributed by atoms with Crippen molar-refractivity contribution < 1.29 is 4.79 Å². The van der Waals surface area contributed by atoms with Gasteiger partial charge in [-0.25, -0.2) is 0 Å². The van der Waals surface area contributed by atoms with Crippen LogP contribution in [0.15, 0.2) is 109 Å². The van der Waals surface area contributed by atoms with E-state index in [1.165, 1.54) is 38.2 Å². The van der Waals surface area contributed by atoms with E-state index in [9.17, 15) is 4.79 Å². The predicted molar refractivity (Wildman–Crippen MR) is 167 cm³/mol. The zero-order valence-electron chi connectivity index (χ0n) is 23.2. The summed E-state index contributed by atoms with van der Waals surface area (Å²) in [5.41, 5.74) is 6.56. The second-order valence-corrected chi connectivity index (χ2v) is 12.3. The zero-order chi connectivity index (χ0) is 27.4. The van der Waals surface area contributed by atoms with Gasteiger partial charge in [-0.1, -0.05) is 93.6 Å². The van der Waals surface area contributed by atoms with Crippen LogP contribution >= 0.6 is 0 Å². The number of amides is 1. The molecule has 1 heterocycles. The molecule has 0 spiro atoms. The molecule has 2 aliphatic rings. The molecule has 1 aliphatic carbocycles. The molecule has 0 radical (unpaired) electrons. The van der Waals surface area contributed by atoms with Gasteiger partial charge in [-0.05, 0) is 92.4 Å². The first kappa shape index (κ1) is 24.7. The molecule has 198 valence electrons. The fourth-order valence-electron chi connectivity index (χ4n) is 6.67. The average molecular weight is 523 g/mol. The lowest BCUT2D eigenvalue weighted by molar-refractivity contribution is 0.102. The topological polar surface area (TPSA) is 41.1 Å². The van der Waals surface area contributed by atoms with Crippen molar-refractivity contribution in [3.8, 4) is 0 Å². The Morgan fingerprint density at radius 2 is 1.50 bits per heavy atom. The minimum absolute atomic E-state index is 0.0576. The van der Waals surface area contributed by atoms with Gasteiger partial charge in [-0.2, -0.15) is 0 Å². The second-order valence-electron chi connectivity index (χ2n) is 12.3. The first-order chi connectivity index (χ1) is 19.4. The number of nitrogens with one attached hydrogen (secondary N) is 2. The summed E-state index contributed by atoms with van der Waals surface area (Å²) < 4.78 is 0. The van der Waals surface area contributed by atoms with Crippen molar-refractivity contribution in [3.63, 3.8) is 0 Å². The molecular formula is C37H34N2O. The maximum atomic E-state index is 13.1. The van der Waals surface area contributed by atoms with Gasteiger partial charge < -0.3 is 10.6 Å². The molecule has 40 heavy (non-hydrogen) atoms. The molecule has 3 heteroatoms. The van der Waals surface area contributed by atoms with Crippen molar-refractivity contribution in [3.05, 3.63) is 131 Å². The number of hydrogen-bond donors (Lipinski definition) is 2. The van der Waals surface area contributed by atoms with Crippen LogP contribution in [0.4, 0.5) is 11.4 Å². The lowest BCUT2D eigenvalue weighted by atomic mass is 9.75. The van der Waals surface area contributed by atoms with E-state index in [0.29, 0.717) is 17.4 Å². The molecular weight excluding hydrogens is 488 g/mol. The van der Waals surface area contributed by atoms with Crippen molar-refractivity contribution in [1.82, 2.24) is 0 Å². The molecule has 0 saturated carbocycles. The Labute approximate surface area is 235 Å². The molecule has 5 aromatic carbocycles. The Morgan fingerprint density at radius 3 is 2.17 bits per heavy atom. The lowest BCUT2D eigenvalue weighted by Gasteiger charge is -2.38. The first-order valence-electron chi connectivity index (χ1n) is 14.3. The number of carbonyl (C=O) groups excluding carboxylic acids is 1. The highest BCUT2D eigenvalue weighted by Crippen LogP contribution is 2.52. The summed E-state index contributed by atoms with van der Waals surface area (Å²) in [6.45, 7) is 6.55. The Hall–Kier alpha value is -4.37. The van der Waals surface area contributed by atoms with Gasteiger partial charge in [0.2, 0.25) is 0 Å². The van der Waals surface area contributed by atoms with E-state index < -0.39 is 0 Å². The van der Waals surface area contributed by atoms with E-state index in [4.69, 9.17) is 0 Å². The van der Waals surface area contributed by atoms with Crippen LogP contribution in [0.25, 0.3) is 21.5 Å². The second kappa shape index (κ2) is 9.38. The third kappa shape index (κ3) is 4.17. The smallest absolute Gasteiger partial charge is 0.255 e. The summed E-state index contributed by atoms with van der Waals surface area (Å²) in [4.78, 5) is 13.1. The van der Waals surface area contributed by atoms with E-state index in [1.807, 2.05) is 18.2 Å². The van der Waals surface area contributed by atoms with Crippen LogP contribution in [0, 0.1) is 5.92 Å². The minimum Gasteiger partial charge on any atom is -0.378 e. The van der Waals surface area contributed by atoms with Crippen molar-refractivity contribution in [2.45, 2.75) is 44.6 Å².